The van der Waals surface area contributed by atoms with Crippen LogP contribution in [0.15, 0.2) is 59.6 Å². The standard InChI is InChI=1S/C19H17ClN2OS/c1-13-6-8-15(12-16(13)20)21-18(23)10-11-24-19-9-7-14-4-2-3-5-17(14)22-19/h2-9,12H,10-11H2,1H3,(H,21,23). The molecule has 5 heteroatoms. The third kappa shape index (κ3) is 4.28. The number of thioether (sulfide) groups is 1. The number of anilines is 1. The van der Waals surface area contributed by atoms with Crippen LogP contribution >= 0.6 is 23.4 Å². The molecule has 3 nitrogen and oxygen atoms in total. The predicted molar refractivity (Wildman–Crippen MR) is 102 cm³/mol. The summed E-state index contributed by atoms with van der Waals surface area (Å²) in [4.78, 5) is 16.6. The summed E-state index contributed by atoms with van der Waals surface area (Å²) in [5.74, 6) is 0.653. The van der Waals surface area contributed by atoms with Gasteiger partial charge < -0.3 is 5.32 Å². The van der Waals surface area contributed by atoms with Gasteiger partial charge in [0.2, 0.25) is 5.91 Å². The van der Waals surface area contributed by atoms with Crippen LogP contribution < -0.4 is 5.32 Å². The second-order valence-electron chi connectivity index (χ2n) is 5.45. The maximum atomic E-state index is 12.0. The molecule has 0 aliphatic rings. The molecule has 2 aromatic carbocycles. The van der Waals surface area contributed by atoms with Gasteiger partial charge in [0.25, 0.3) is 0 Å². The number of aryl methyl sites for hydroxylation is 1. The van der Waals surface area contributed by atoms with Gasteiger partial charge in [-0.05, 0) is 36.8 Å². The number of hydrogen-bond acceptors (Lipinski definition) is 3. The van der Waals surface area contributed by atoms with E-state index in [9.17, 15) is 4.79 Å². The maximum Gasteiger partial charge on any atom is 0.225 e. The zero-order valence-electron chi connectivity index (χ0n) is 13.3. The van der Waals surface area contributed by atoms with Crippen LogP contribution in [0, 0.1) is 6.92 Å². The number of aromatic nitrogens is 1. The minimum Gasteiger partial charge on any atom is -0.326 e. The van der Waals surface area contributed by atoms with Crippen molar-refractivity contribution in [3.05, 3.63) is 65.2 Å². The molecule has 0 aliphatic heterocycles. The van der Waals surface area contributed by atoms with Crippen LogP contribution in [0.5, 0.6) is 0 Å². The van der Waals surface area contributed by atoms with Gasteiger partial charge in [-0.2, -0.15) is 0 Å². The molecule has 0 fully saturated rings. The van der Waals surface area contributed by atoms with Crippen molar-refractivity contribution in [1.82, 2.24) is 4.98 Å². The van der Waals surface area contributed by atoms with Gasteiger partial charge in [-0.15, -0.1) is 11.8 Å². The Morgan fingerprint density at radius 3 is 2.83 bits per heavy atom. The van der Waals surface area contributed by atoms with Crippen molar-refractivity contribution in [3.63, 3.8) is 0 Å². The smallest absolute Gasteiger partial charge is 0.225 e. The van der Waals surface area contributed by atoms with Crippen LogP contribution in [0.2, 0.25) is 5.02 Å². The lowest BCUT2D eigenvalue weighted by atomic mass is 10.2. The van der Waals surface area contributed by atoms with Crippen molar-refractivity contribution < 1.29 is 4.79 Å². The fourth-order valence-electron chi connectivity index (χ4n) is 2.27. The highest BCUT2D eigenvalue weighted by molar-refractivity contribution is 7.99. The van der Waals surface area contributed by atoms with Gasteiger partial charge in [-0.25, -0.2) is 4.98 Å². The number of halogens is 1. The Bertz CT molecular complexity index is 882. The Kier molecular flexibility index (Phi) is 5.38. The first-order chi connectivity index (χ1) is 11.6. The van der Waals surface area contributed by atoms with Gasteiger partial charge >= 0.3 is 0 Å². The van der Waals surface area contributed by atoms with Crippen molar-refractivity contribution in [2.45, 2.75) is 18.4 Å². The average Bonchev–Trinajstić information content (AvgIpc) is 2.58. The summed E-state index contributed by atoms with van der Waals surface area (Å²) in [5.41, 5.74) is 2.69. The average molecular weight is 357 g/mol. The summed E-state index contributed by atoms with van der Waals surface area (Å²) >= 11 is 7.65. The third-order valence-electron chi connectivity index (χ3n) is 3.61. The number of nitrogens with one attached hydrogen (secondary N) is 1. The molecular formula is C19H17ClN2OS. The van der Waals surface area contributed by atoms with Gasteiger partial charge in [-0.3, -0.25) is 4.79 Å². The van der Waals surface area contributed by atoms with E-state index in [1.165, 1.54) is 0 Å². The molecule has 122 valence electrons. The number of carbonyl (C=O) groups excluding carboxylic acids is 1. The zero-order valence-corrected chi connectivity index (χ0v) is 14.8. The van der Waals surface area contributed by atoms with Crippen LogP contribution in [0.3, 0.4) is 0 Å². The van der Waals surface area contributed by atoms with Crippen molar-refractivity contribution in [2.24, 2.45) is 0 Å². The van der Waals surface area contributed by atoms with Crippen molar-refractivity contribution >= 4 is 45.9 Å². The normalized spacial score (nSPS) is 10.8. The Labute approximate surface area is 150 Å². The molecule has 0 saturated carbocycles. The quantitative estimate of drug-likeness (QED) is 0.629. The highest BCUT2D eigenvalue weighted by Crippen LogP contribution is 2.22. The van der Waals surface area contributed by atoms with Crippen LogP contribution in [0.4, 0.5) is 5.69 Å². The predicted octanol–water partition coefficient (Wildman–Crippen LogP) is 5.32. The van der Waals surface area contributed by atoms with Gasteiger partial charge in [0.05, 0.1) is 10.5 Å². The Balaban J connectivity index is 1.53. The number of para-hydroxylation sites is 1. The van der Waals surface area contributed by atoms with E-state index in [-0.39, 0.29) is 5.91 Å². The third-order valence-corrected chi connectivity index (χ3v) is 4.95. The summed E-state index contributed by atoms with van der Waals surface area (Å²) < 4.78 is 0. The number of carbonyl (C=O) groups is 1. The first kappa shape index (κ1) is 16.8. The summed E-state index contributed by atoms with van der Waals surface area (Å²) in [6, 6.07) is 17.6. The number of benzene rings is 2. The molecule has 3 aromatic rings. The second kappa shape index (κ2) is 7.69. The maximum absolute atomic E-state index is 12.0. The van der Waals surface area contributed by atoms with E-state index in [0.717, 1.165) is 27.2 Å². The van der Waals surface area contributed by atoms with Crippen LogP contribution in [-0.2, 0) is 4.79 Å². The van der Waals surface area contributed by atoms with Crippen LogP contribution in [0.25, 0.3) is 10.9 Å². The van der Waals surface area contributed by atoms with E-state index >= 15 is 0 Å². The van der Waals surface area contributed by atoms with Crippen LogP contribution in [-0.4, -0.2) is 16.6 Å². The molecule has 0 spiro atoms. The lowest BCUT2D eigenvalue weighted by Gasteiger charge is -2.07. The lowest BCUT2D eigenvalue weighted by Crippen LogP contribution is -2.12. The molecule has 0 radical (unpaired) electrons. The highest BCUT2D eigenvalue weighted by Gasteiger charge is 2.05. The van der Waals surface area contributed by atoms with E-state index < -0.39 is 0 Å². The number of pyridine rings is 1. The highest BCUT2D eigenvalue weighted by atomic mass is 35.5. The molecule has 24 heavy (non-hydrogen) atoms. The molecule has 1 heterocycles. The number of fused-ring (bicyclic) bond motifs is 1. The SMILES string of the molecule is Cc1ccc(NC(=O)CCSc2ccc3ccccc3n2)cc1Cl. The molecule has 0 atom stereocenters. The van der Waals surface area contributed by atoms with Crippen molar-refractivity contribution in [1.29, 1.82) is 0 Å². The first-order valence-electron chi connectivity index (χ1n) is 7.66. The van der Waals surface area contributed by atoms with Crippen molar-refractivity contribution in [3.8, 4) is 0 Å². The Hall–Kier alpha value is -2.04. The van der Waals surface area contributed by atoms with E-state index in [0.29, 0.717) is 17.2 Å². The number of hydrogen-bond donors (Lipinski definition) is 1. The number of nitrogens with zero attached hydrogens (tertiary/aromatic N) is 1. The summed E-state index contributed by atoms with van der Waals surface area (Å²) in [5, 5.41) is 5.58. The largest absolute Gasteiger partial charge is 0.326 e. The molecule has 1 amide bonds. The molecule has 3 rings (SSSR count). The summed E-state index contributed by atoms with van der Waals surface area (Å²) in [7, 11) is 0. The van der Waals surface area contributed by atoms with Crippen LogP contribution in [0.1, 0.15) is 12.0 Å². The summed E-state index contributed by atoms with van der Waals surface area (Å²) in [6.07, 6.45) is 0.421. The number of rotatable bonds is 5. The minimum absolute atomic E-state index is 0.0248. The fourth-order valence-corrected chi connectivity index (χ4v) is 3.27. The van der Waals surface area contributed by atoms with Crippen molar-refractivity contribution in [2.75, 3.05) is 11.1 Å². The molecule has 0 aliphatic carbocycles. The molecule has 0 bridgehead atoms. The summed E-state index contributed by atoms with van der Waals surface area (Å²) in [6.45, 7) is 1.93. The monoisotopic (exact) mass is 356 g/mol. The fraction of sp³-hybridized carbons (Fsp3) is 0.158. The van der Waals surface area contributed by atoms with Gasteiger partial charge in [0.15, 0.2) is 0 Å². The molecule has 1 N–H and O–H groups in total. The molecular weight excluding hydrogens is 340 g/mol. The first-order valence-corrected chi connectivity index (χ1v) is 9.03. The second-order valence-corrected chi connectivity index (χ2v) is 6.98. The van der Waals surface area contributed by atoms with E-state index in [4.69, 9.17) is 11.6 Å². The van der Waals surface area contributed by atoms with E-state index in [1.54, 1.807) is 17.8 Å². The lowest BCUT2D eigenvalue weighted by molar-refractivity contribution is -0.115. The van der Waals surface area contributed by atoms with E-state index in [1.807, 2.05) is 49.4 Å². The minimum atomic E-state index is -0.0248. The topological polar surface area (TPSA) is 42.0 Å². The van der Waals surface area contributed by atoms with Gasteiger partial charge in [0.1, 0.15) is 0 Å². The van der Waals surface area contributed by atoms with E-state index in [2.05, 4.69) is 16.4 Å². The molecule has 1 aromatic heterocycles. The molecule has 0 unspecified atom stereocenters. The molecule has 0 saturated heterocycles. The number of amides is 1. The Morgan fingerprint density at radius 1 is 1.17 bits per heavy atom. The Morgan fingerprint density at radius 2 is 2.00 bits per heavy atom. The zero-order chi connectivity index (χ0) is 16.9. The van der Waals surface area contributed by atoms with Gasteiger partial charge in [-0.1, -0.05) is 41.9 Å². The van der Waals surface area contributed by atoms with Gasteiger partial charge in [0, 0.05) is 28.3 Å².